The average molecular weight is 171 g/mol. The molecule has 1 aromatic carbocycles. The minimum absolute atomic E-state index is 0.968. The molecule has 0 atom stereocenters. The second-order valence-electron chi connectivity index (χ2n) is 3.28. The van der Waals surface area contributed by atoms with Gasteiger partial charge < -0.3 is 5.32 Å². The summed E-state index contributed by atoms with van der Waals surface area (Å²) in [5, 5.41) is 12.4. The Balaban J connectivity index is 2.36. The zero-order valence-corrected chi connectivity index (χ0v) is 7.12. The summed E-state index contributed by atoms with van der Waals surface area (Å²) in [5.41, 5.74) is 3.57. The molecule has 0 spiro atoms. The van der Waals surface area contributed by atoms with Crippen molar-refractivity contribution in [3.8, 4) is 0 Å². The van der Waals surface area contributed by atoms with Gasteiger partial charge in [-0.1, -0.05) is 0 Å². The van der Waals surface area contributed by atoms with E-state index in [9.17, 15) is 0 Å². The first kappa shape index (κ1) is 6.83. The van der Waals surface area contributed by atoms with Gasteiger partial charge in [-0.05, 0) is 30.2 Å². The van der Waals surface area contributed by atoms with Gasteiger partial charge in [0.15, 0.2) is 0 Å². The fourth-order valence-electron chi connectivity index (χ4n) is 1.78. The van der Waals surface area contributed by atoms with Crippen molar-refractivity contribution >= 4 is 16.6 Å². The molecule has 1 aliphatic rings. The topological polar surface area (TPSA) is 37.8 Å². The number of fused-ring (bicyclic) bond motifs is 2. The number of anilines is 1. The maximum Gasteiger partial charge on any atom is 0.0950 e. The zero-order valence-electron chi connectivity index (χ0n) is 7.12. The van der Waals surface area contributed by atoms with Gasteiger partial charge in [-0.3, -0.25) is 0 Å². The van der Waals surface area contributed by atoms with Crippen LogP contribution >= 0.6 is 0 Å². The standard InChI is InChI=1S/C10H9N3/c1-3-11-9-6-10-8(5-7(1)9)2-4-12-13-10/h2,4-6,11H,1,3H2. The van der Waals surface area contributed by atoms with E-state index in [-0.39, 0.29) is 0 Å². The number of hydrogen-bond donors (Lipinski definition) is 1. The van der Waals surface area contributed by atoms with Crippen molar-refractivity contribution in [1.82, 2.24) is 10.2 Å². The smallest absolute Gasteiger partial charge is 0.0950 e. The van der Waals surface area contributed by atoms with Crippen LogP contribution in [0.3, 0.4) is 0 Å². The summed E-state index contributed by atoms with van der Waals surface area (Å²) < 4.78 is 0. The molecule has 0 saturated heterocycles. The lowest BCUT2D eigenvalue weighted by molar-refractivity contribution is 1.07. The third-order valence-corrected chi connectivity index (χ3v) is 2.45. The van der Waals surface area contributed by atoms with E-state index in [0.29, 0.717) is 0 Å². The highest BCUT2D eigenvalue weighted by Gasteiger charge is 2.10. The Hall–Kier alpha value is -1.64. The molecule has 0 aliphatic carbocycles. The molecule has 1 aromatic heterocycles. The second kappa shape index (κ2) is 2.42. The molecule has 2 aromatic rings. The highest BCUT2D eigenvalue weighted by Crippen LogP contribution is 2.26. The van der Waals surface area contributed by atoms with Crippen LogP contribution in [-0.2, 0) is 6.42 Å². The van der Waals surface area contributed by atoms with Crippen LogP contribution < -0.4 is 5.32 Å². The summed E-state index contributed by atoms with van der Waals surface area (Å²) in [6.45, 7) is 1.04. The van der Waals surface area contributed by atoms with Gasteiger partial charge in [0, 0.05) is 17.6 Å². The lowest BCUT2D eigenvalue weighted by Crippen LogP contribution is -1.91. The van der Waals surface area contributed by atoms with E-state index >= 15 is 0 Å². The van der Waals surface area contributed by atoms with Crippen LogP contribution in [0, 0.1) is 0 Å². The maximum absolute atomic E-state index is 4.07. The quantitative estimate of drug-likeness (QED) is 0.654. The maximum atomic E-state index is 4.07. The van der Waals surface area contributed by atoms with Gasteiger partial charge in [-0.2, -0.15) is 10.2 Å². The molecule has 3 heteroatoms. The van der Waals surface area contributed by atoms with E-state index in [2.05, 4.69) is 27.6 Å². The average Bonchev–Trinajstić information content (AvgIpc) is 2.61. The molecule has 0 bridgehead atoms. The van der Waals surface area contributed by atoms with Crippen molar-refractivity contribution in [2.24, 2.45) is 0 Å². The summed E-state index contributed by atoms with van der Waals surface area (Å²) in [7, 11) is 0. The predicted molar refractivity (Wildman–Crippen MR) is 51.7 cm³/mol. The lowest BCUT2D eigenvalue weighted by Gasteiger charge is -2.00. The number of benzene rings is 1. The molecule has 64 valence electrons. The van der Waals surface area contributed by atoms with E-state index in [0.717, 1.165) is 18.5 Å². The van der Waals surface area contributed by atoms with E-state index in [1.165, 1.54) is 16.6 Å². The molecule has 0 fully saturated rings. The highest BCUT2D eigenvalue weighted by atomic mass is 15.1. The minimum atomic E-state index is 0.968. The van der Waals surface area contributed by atoms with Gasteiger partial charge in [0.2, 0.25) is 0 Å². The van der Waals surface area contributed by atoms with E-state index < -0.39 is 0 Å². The van der Waals surface area contributed by atoms with Crippen molar-refractivity contribution < 1.29 is 0 Å². The molecule has 13 heavy (non-hydrogen) atoms. The fourth-order valence-corrected chi connectivity index (χ4v) is 1.78. The molecular formula is C10H9N3. The highest BCUT2D eigenvalue weighted by molar-refractivity contribution is 5.84. The third-order valence-electron chi connectivity index (χ3n) is 2.45. The molecule has 3 nitrogen and oxygen atoms in total. The van der Waals surface area contributed by atoms with Crippen molar-refractivity contribution in [2.75, 3.05) is 11.9 Å². The van der Waals surface area contributed by atoms with E-state index in [1.807, 2.05) is 6.07 Å². The van der Waals surface area contributed by atoms with Crippen LogP contribution in [0.4, 0.5) is 5.69 Å². The number of nitrogens with zero attached hydrogens (tertiary/aromatic N) is 2. The number of nitrogens with one attached hydrogen (secondary N) is 1. The zero-order chi connectivity index (χ0) is 8.67. The van der Waals surface area contributed by atoms with Gasteiger partial charge in [-0.25, -0.2) is 0 Å². The van der Waals surface area contributed by atoms with Crippen molar-refractivity contribution in [1.29, 1.82) is 0 Å². The Morgan fingerprint density at radius 3 is 3.31 bits per heavy atom. The van der Waals surface area contributed by atoms with Crippen LogP contribution in [0.15, 0.2) is 24.4 Å². The van der Waals surface area contributed by atoms with E-state index in [4.69, 9.17) is 0 Å². The summed E-state index contributed by atoms with van der Waals surface area (Å²) in [6.07, 6.45) is 2.85. The molecule has 2 heterocycles. The molecule has 0 radical (unpaired) electrons. The van der Waals surface area contributed by atoms with Crippen molar-refractivity contribution in [2.45, 2.75) is 6.42 Å². The van der Waals surface area contributed by atoms with Gasteiger partial charge in [-0.15, -0.1) is 0 Å². The van der Waals surface area contributed by atoms with Crippen molar-refractivity contribution in [3.63, 3.8) is 0 Å². The SMILES string of the molecule is c1cc2cc3c(cc2nn1)NCC3. The summed E-state index contributed by atoms with van der Waals surface area (Å²) >= 11 is 0. The van der Waals surface area contributed by atoms with Crippen molar-refractivity contribution in [3.05, 3.63) is 30.0 Å². The third kappa shape index (κ3) is 0.967. The van der Waals surface area contributed by atoms with Crippen LogP contribution in [-0.4, -0.2) is 16.7 Å². The van der Waals surface area contributed by atoms with Crippen LogP contribution in [0.25, 0.3) is 10.9 Å². The van der Waals surface area contributed by atoms with Crippen LogP contribution in [0.1, 0.15) is 5.56 Å². The van der Waals surface area contributed by atoms with Crippen LogP contribution in [0.2, 0.25) is 0 Å². The number of aromatic nitrogens is 2. The molecule has 3 rings (SSSR count). The fraction of sp³-hybridized carbons (Fsp3) is 0.200. The molecule has 0 amide bonds. The Kier molecular flexibility index (Phi) is 1.27. The Morgan fingerprint density at radius 2 is 2.31 bits per heavy atom. The van der Waals surface area contributed by atoms with Gasteiger partial charge in [0.1, 0.15) is 0 Å². The first-order chi connectivity index (χ1) is 6.43. The molecule has 1 aliphatic heterocycles. The summed E-state index contributed by atoms with van der Waals surface area (Å²) in [4.78, 5) is 0. The molecule has 0 saturated carbocycles. The number of rotatable bonds is 0. The summed E-state index contributed by atoms with van der Waals surface area (Å²) in [6, 6.07) is 6.27. The number of hydrogen-bond acceptors (Lipinski definition) is 3. The van der Waals surface area contributed by atoms with Crippen LogP contribution in [0.5, 0.6) is 0 Å². The molecule has 0 unspecified atom stereocenters. The first-order valence-corrected chi connectivity index (χ1v) is 4.42. The normalized spacial score (nSPS) is 14.2. The Labute approximate surface area is 75.8 Å². The van der Waals surface area contributed by atoms with Gasteiger partial charge in [0.25, 0.3) is 0 Å². The molecular weight excluding hydrogens is 162 g/mol. The molecule has 1 N–H and O–H groups in total. The van der Waals surface area contributed by atoms with Gasteiger partial charge in [0.05, 0.1) is 11.7 Å². The summed E-state index contributed by atoms with van der Waals surface area (Å²) in [5.74, 6) is 0. The monoisotopic (exact) mass is 171 g/mol. The Bertz CT molecular complexity index is 422. The Morgan fingerprint density at radius 1 is 1.31 bits per heavy atom. The largest absolute Gasteiger partial charge is 0.384 e. The first-order valence-electron chi connectivity index (χ1n) is 4.42. The minimum Gasteiger partial charge on any atom is -0.384 e. The second-order valence-corrected chi connectivity index (χ2v) is 3.28. The van der Waals surface area contributed by atoms with Gasteiger partial charge >= 0.3 is 0 Å². The predicted octanol–water partition coefficient (Wildman–Crippen LogP) is 1.60. The lowest BCUT2D eigenvalue weighted by atomic mass is 10.1. The van der Waals surface area contributed by atoms with E-state index in [1.54, 1.807) is 6.20 Å².